The number of hydrogen-bond acceptors (Lipinski definition) is 3. The highest BCUT2D eigenvalue weighted by molar-refractivity contribution is 6.06. The first-order chi connectivity index (χ1) is 13.5. The van der Waals surface area contributed by atoms with Crippen LogP contribution in [0.4, 0.5) is 5.69 Å². The van der Waals surface area contributed by atoms with Gasteiger partial charge in [0, 0.05) is 29.4 Å². The molecule has 5 nitrogen and oxygen atoms in total. The third-order valence-corrected chi connectivity index (χ3v) is 4.29. The van der Waals surface area contributed by atoms with Crippen molar-refractivity contribution in [2.45, 2.75) is 13.5 Å². The van der Waals surface area contributed by atoms with Crippen LogP contribution >= 0.6 is 0 Å². The fraction of sp³-hybridized carbons (Fsp3) is 0.130. The summed E-state index contributed by atoms with van der Waals surface area (Å²) in [5.74, 6) is 0.139. The number of carbonyl (C=O) groups is 2. The largest absolute Gasteiger partial charge is 0.497 e. The third kappa shape index (κ3) is 4.98. The van der Waals surface area contributed by atoms with Crippen molar-refractivity contribution in [2.24, 2.45) is 0 Å². The first kappa shape index (κ1) is 19.2. The molecule has 0 fully saturated rings. The van der Waals surface area contributed by atoms with Gasteiger partial charge in [-0.3, -0.25) is 9.59 Å². The van der Waals surface area contributed by atoms with E-state index in [4.69, 9.17) is 4.74 Å². The number of carbonyl (C=O) groups excluding carboxylic acids is 2. The van der Waals surface area contributed by atoms with Gasteiger partial charge in [0.1, 0.15) is 5.75 Å². The summed E-state index contributed by atoms with van der Waals surface area (Å²) in [7, 11) is 1.57. The summed E-state index contributed by atoms with van der Waals surface area (Å²) in [5, 5.41) is 5.69. The highest BCUT2D eigenvalue weighted by Gasteiger charge is 2.11. The van der Waals surface area contributed by atoms with Gasteiger partial charge in [0.25, 0.3) is 11.8 Å². The Balaban J connectivity index is 1.65. The minimum atomic E-state index is -0.290. The van der Waals surface area contributed by atoms with Crippen molar-refractivity contribution in [3.8, 4) is 5.75 Å². The van der Waals surface area contributed by atoms with Crippen molar-refractivity contribution < 1.29 is 14.3 Å². The van der Waals surface area contributed by atoms with Gasteiger partial charge in [0.05, 0.1) is 7.11 Å². The van der Waals surface area contributed by atoms with Gasteiger partial charge in [0.15, 0.2) is 0 Å². The van der Waals surface area contributed by atoms with Crippen LogP contribution in [-0.4, -0.2) is 18.9 Å². The lowest BCUT2D eigenvalue weighted by Crippen LogP contribution is -2.23. The SMILES string of the molecule is COc1cccc(NC(=O)c2cccc(C(=O)NCc3ccc(C)cc3)c2)c1. The molecule has 2 amide bonds. The topological polar surface area (TPSA) is 67.4 Å². The van der Waals surface area contributed by atoms with E-state index in [1.807, 2.05) is 31.2 Å². The van der Waals surface area contributed by atoms with E-state index in [9.17, 15) is 9.59 Å². The first-order valence-corrected chi connectivity index (χ1v) is 8.94. The zero-order valence-electron chi connectivity index (χ0n) is 15.9. The molecule has 0 saturated carbocycles. The molecule has 142 valence electrons. The normalized spacial score (nSPS) is 10.2. The number of benzene rings is 3. The lowest BCUT2D eigenvalue weighted by Gasteiger charge is -2.09. The second-order valence-electron chi connectivity index (χ2n) is 6.44. The molecule has 0 aromatic heterocycles. The van der Waals surface area contributed by atoms with Crippen LogP contribution in [0, 0.1) is 6.92 Å². The summed E-state index contributed by atoms with van der Waals surface area (Å²) >= 11 is 0. The first-order valence-electron chi connectivity index (χ1n) is 8.94. The summed E-state index contributed by atoms with van der Waals surface area (Å²) in [4.78, 5) is 25.0. The van der Waals surface area contributed by atoms with Crippen LogP contribution in [0.15, 0.2) is 72.8 Å². The van der Waals surface area contributed by atoms with E-state index < -0.39 is 0 Å². The predicted octanol–water partition coefficient (Wildman–Crippen LogP) is 4.19. The average Bonchev–Trinajstić information content (AvgIpc) is 2.73. The maximum Gasteiger partial charge on any atom is 0.255 e. The molecule has 2 N–H and O–H groups in total. The van der Waals surface area contributed by atoms with E-state index in [1.165, 1.54) is 5.56 Å². The van der Waals surface area contributed by atoms with Crippen LogP contribution in [0.5, 0.6) is 5.75 Å². The summed E-state index contributed by atoms with van der Waals surface area (Å²) in [6.45, 7) is 2.45. The second-order valence-corrected chi connectivity index (χ2v) is 6.44. The lowest BCUT2D eigenvalue weighted by molar-refractivity contribution is 0.0951. The number of anilines is 1. The molecule has 0 heterocycles. The molecular weight excluding hydrogens is 352 g/mol. The van der Waals surface area contributed by atoms with Crippen LogP contribution in [0.1, 0.15) is 31.8 Å². The molecule has 0 aliphatic carbocycles. The molecule has 0 atom stereocenters. The van der Waals surface area contributed by atoms with E-state index in [2.05, 4.69) is 10.6 Å². The summed E-state index contributed by atoms with van der Waals surface area (Å²) in [6.07, 6.45) is 0. The van der Waals surface area contributed by atoms with Crippen molar-refractivity contribution in [3.05, 3.63) is 95.1 Å². The average molecular weight is 374 g/mol. The highest BCUT2D eigenvalue weighted by Crippen LogP contribution is 2.18. The van der Waals surface area contributed by atoms with Crippen LogP contribution in [0.2, 0.25) is 0 Å². The summed E-state index contributed by atoms with van der Waals surface area (Å²) in [5.41, 5.74) is 3.66. The minimum absolute atomic E-state index is 0.225. The van der Waals surface area contributed by atoms with Gasteiger partial charge in [-0.05, 0) is 42.8 Å². The highest BCUT2D eigenvalue weighted by atomic mass is 16.5. The molecule has 28 heavy (non-hydrogen) atoms. The lowest BCUT2D eigenvalue weighted by atomic mass is 10.1. The molecule has 3 aromatic rings. The molecule has 0 spiro atoms. The second kappa shape index (κ2) is 8.86. The number of ether oxygens (including phenoxy) is 1. The summed E-state index contributed by atoms with van der Waals surface area (Å²) in [6, 6.07) is 21.7. The van der Waals surface area contributed by atoms with Gasteiger partial charge in [-0.25, -0.2) is 0 Å². The smallest absolute Gasteiger partial charge is 0.255 e. The van der Waals surface area contributed by atoms with Crippen molar-refractivity contribution in [3.63, 3.8) is 0 Å². The van der Waals surface area contributed by atoms with Gasteiger partial charge in [0.2, 0.25) is 0 Å². The Bertz CT molecular complexity index is 981. The van der Waals surface area contributed by atoms with Gasteiger partial charge >= 0.3 is 0 Å². The molecular formula is C23H22N2O3. The van der Waals surface area contributed by atoms with Gasteiger partial charge in [-0.15, -0.1) is 0 Å². The zero-order chi connectivity index (χ0) is 19.9. The maximum absolute atomic E-state index is 12.5. The van der Waals surface area contributed by atoms with Crippen molar-refractivity contribution in [2.75, 3.05) is 12.4 Å². The number of aryl methyl sites for hydroxylation is 1. The Kier molecular flexibility index (Phi) is 6.07. The monoisotopic (exact) mass is 374 g/mol. The Morgan fingerprint density at radius 1 is 0.857 bits per heavy atom. The van der Waals surface area contributed by atoms with Crippen LogP contribution in [0.3, 0.4) is 0 Å². The molecule has 0 saturated heterocycles. The van der Waals surface area contributed by atoms with Gasteiger partial charge < -0.3 is 15.4 Å². The van der Waals surface area contributed by atoms with Gasteiger partial charge in [-0.1, -0.05) is 42.0 Å². The Morgan fingerprint density at radius 2 is 1.54 bits per heavy atom. The molecule has 0 radical (unpaired) electrons. The molecule has 0 aliphatic rings. The Labute approximate surface area is 164 Å². The van der Waals surface area contributed by atoms with Crippen molar-refractivity contribution in [1.29, 1.82) is 0 Å². The molecule has 0 unspecified atom stereocenters. The molecule has 0 aliphatic heterocycles. The molecule has 5 heteroatoms. The van der Waals surface area contributed by atoms with Crippen LogP contribution in [-0.2, 0) is 6.54 Å². The standard InChI is InChI=1S/C23H22N2O3/c1-16-9-11-17(12-10-16)15-24-22(26)18-5-3-6-19(13-18)23(27)25-20-7-4-8-21(14-20)28-2/h3-14H,15H2,1-2H3,(H,24,26)(H,25,27). The fourth-order valence-corrected chi connectivity index (χ4v) is 2.70. The Hall–Kier alpha value is -3.60. The molecule has 3 rings (SSSR count). The quantitative estimate of drug-likeness (QED) is 0.680. The van der Waals surface area contributed by atoms with E-state index in [0.29, 0.717) is 29.1 Å². The van der Waals surface area contributed by atoms with E-state index >= 15 is 0 Å². The maximum atomic E-state index is 12.5. The van der Waals surface area contributed by atoms with Crippen molar-refractivity contribution >= 4 is 17.5 Å². The van der Waals surface area contributed by atoms with E-state index in [0.717, 1.165) is 5.56 Å². The number of amides is 2. The number of nitrogens with one attached hydrogen (secondary N) is 2. The van der Waals surface area contributed by atoms with E-state index in [-0.39, 0.29) is 11.8 Å². The molecule has 3 aromatic carbocycles. The summed E-state index contributed by atoms with van der Waals surface area (Å²) < 4.78 is 5.16. The van der Waals surface area contributed by atoms with Gasteiger partial charge in [-0.2, -0.15) is 0 Å². The van der Waals surface area contributed by atoms with Crippen molar-refractivity contribution in [1.82, 2.24) is 5.32 Å². The number of methoxy groups -OCH3 is 1. The predicted molar refractivity (Wildman–Crippen MR) is 110 cm³/mol. The van der Waals surface area contributed by atoms with Crippen LogP contribution in [0.25, 0.3) is 0 Å². The Morgan fingerprint density at radius 3 is 2.25 bits per heavy atom. The molecule has 0 bridgehead atoms. The zero-order valence-corrected chi connectivity index (χ0v) is 15.9. The number of rotatable bonds is 6. The number of hydrogen-bond donors (Lipinski definition) is 2. The fourth-order valence-electron chi connectivity index (χ4n) is 2.70. The van der Waals surface area contributed by atoms with E-state index in [1.54, 1.807) is 55.6 Å². The third-order valence-electron chi connectivity index (χ3n) is 4.29. The van der Waals surface area contributed by atoms with Crippen LogP contribution < -0.4 is 15.4 Å². The minimum Gasteiger partial charge on any atom is -0.497 e.